The number of halogens is 1. The zero-order valence-electron chi connectivity index (χ0n) is 9.88. The Balaban J connectivity index is 2.19. The van der Waals surface area contributed by atoms with Gasteiger partial charge in [0.05, 0.1) is 0 Å². The van der Waals surface area contributed by atoms with Crippen LogP contribution in [0.15, 0.2) is 36.2 Å². The van der Waals surface area contributed by atoms with Crippen molar-refractivity contribution < 1.29 is 0 Å². The van der Waals surface area contributed by atoms with Gasteiger partial charge < -0.3 is 5.73 Å². The Bertz CT molecular complexity index is 542. The normalized spacial score (nSPS) is 12.7. The van der Waals surface area contributed by atoms with Crippen LogP contribution < -0.4 is 5.73 Å². The van der Waals surface area contributed by atoms with Crippen molar-refractivity contribution in [3.63, 3.8) is 0 Å². The molecular formula is C11H12BrN3S3. The predicted molar refractivity (Wildman–Crippen MR) is 82.6 cm³/mol. The van der Waals surface area contributed by atoms with Crippen molar-refractivity contribution in [2.75, 3.05) is 6.26 Å². The largest absolute Gasteiger partial charge is 0.324 e. The maximum absolute atomic E-state index is 5.86. The summed E-state index contributed by atoms with van der Waals surface area (Å²) in [5, 5.41) is 8.23. The summed E-state index contributed by atoms with van der Waals surface area (Å²) in [5.41, 5.74) is 6.97. The van der Waals surface area contributed by atoms with Gasteiger partial charge in [-0.05, 0) is 46.8 Å². The van der Waals surface area contributed by atoms with Crippen molar-refractivity contribution in [3.8, 4) is 0 Å². The molecule has 1 atom stereocenters. The smallest absolute Gasteiger partial charge is 0.179 e. The summed E-state index contributed by atoms with van der Waals surface area (Å²) in [5.74, 6) is 0. The Morgan fingerprint density at radius 2 is 2.06 bits per heavy atom. The van der Waals surface area contributed by atoms with Crippen LogP contribution in [0.3, 0.4) is 0 Å². The van der Waals surface area contributed by atoms with Crippen molar-refractivity contribution in [2.24, 2.45) is 5.73 Å². The van der Waals surface area contributed by atoms with Crippen LogP contribution >= 0.6 is 50.8 Å². The molecule has 0 fully saturated rings. The second-order valence-corrected chi connectivity index (χ2v) is 7.79. The number of aromatic nitrogens is 2. The van der Waals surface area contributed by atoms with Crippen molar-refractivity contribution in [2.45, 2.75) is 26.5 Å². The minimum absolute atomic E-state index is 0.0463. The molecule has 1 aromatic heterocycles. The summed E-state index contributed by atoms with van der Waals surface area (Å²) in [6.07, 6.45) is 2.00. The van der Waals surface area contributed by atoms with Gasteiger partial charge in [0, 0.05) is 15.4 Å². The molecule has 2 aromatic rings. The molecule has 18 heavy (non-hydrogen) atoms. The summed E-state index contributed by atoms with van der Waals surface area (Å²) in [6.45, 7) is 1.98. The zero-order valence-corrected chi connectivity index (χ0v) is 13.9. The molecule has 0 aliphatic rings. The molecule has 1 unspecified atom stereocenters. The molecule has 2 N–H and O–H groups in total. The van der Waals surface area contributed by atoms with Crippen molar-refractivity contribution in [3.05, 3.63) is 28.2 Å². The fourth-order valence-corrected chi connectivity index (χ4v) is 4.34. The van der Waals surface area contributed by atoms with Crippen molar-refractivity contribution in [1.29, 1.82) is 0 Å². The molecule has 3 nitrogen and oxygen atoms in total. The first-order valence-electron chi connectivity index (χ1n) is 5.20. The number of benzene rings is 1. The van der Waals surface area contributed by atoms with E-state index < -0.39 is 0 Å². The topological polar surface area (TPSA) is 51.8 Å². The quantitative estimate of drug-likeness (QED) is 0.827. The first kappa shape index (κ1) is 14.3. The molecule has 0 radical (unpaired) electrons. The highest BCUT2D eigenvalue weighted by Crippen LogP contribution is 2.37. The maximum Gasteiger partial charge on any atom is 0.179 e. The van der Waals surface area contributed by atoms with Gasteiger partial charge in [-0.25, -0.2) is 0 Å². The van der Waals surface area contributed by atoms with Crippen LogP contribution in [-0.4, -0.2) is 16.5 Å². The molecule has 1 aromatic carbocycles. The highest BCUT2D eigenvalue weighted by molar-refractivity contribution is 9.10. The monoisotopic (exact) mass is 361 g/mol. The van der Waals surface area contributed by atoms with E-state index in [1.807, 2.05) is 19.2 Å². The molecule has 0 bridgehead atoms. The minimum Gasteiger partial charge on any atom is -0.324 e. The number of nitrogens with zero attached hydrogens (tertiary/aromatic N) is 2. The fourth-order valence-electron chi connectivity index (χ4n) is 1.30. The van der Waals surface area contributed by atoms with E-state index in [1.165, 1.54) is 0 Å². The third-order valence-electron chi connectivity index (χ3n) is 2.24. The number of rotatable bonds is 4. The molecule has 0 aliphatic heterocycles. The minimum atomic E-state index is 0.0463. The van der Waals surface area contributed by atoms with Gasteiger partial charge in [0.25, 0.3) is 0 Å². The Morgan fingerprint density at radius 1 is 1.33 bits per heavy atom. The number of hydrogen-bond acceptors (Lipinski definition) is 6. The van der Waals surface area contributed by atoms with Crippen LogP contribution in [-0.2, 0) is 0 Å². The third-order valence-corrected chi connectivity index (χ3v) is 6.19. The van der Waals surface area contributed by atoms with E-state index in [9.17, 15) is 0 Å². The third kappa shape index (κ3) is 3.48. The zero-order chi connectivity index (χ0) is 13.1. The first-order valence-corrected chi connectivity index (χ1v) is 8.85. The summed E-state index contributed by atoms with van der Waals surface area (Å²) < 4.78 is 2.98. The van der Waals surface area contributed by atoms with E-state index in [0.717, 1.165) is 23.6 Å². The molecular weight excluding hydrogens is 350 g/mol. The summed E-state index contributed by atoms with van der Waals surface area (Å²) in [6, 6.07) is 6.22. The lowest BCUT2D eigenvalue weighted by Crippen LogP contribution is -2.04. The molecule has 96 valence electrons. The van der Waals surface area contributed by atoms with Gasteiger partial charge in [-0.2, -0.15) is 0 Å². The number of hydrogen-bond donors (Lipinski definition) is 1. The second-order valence-electron chi connectivity index (χ2n) is 3.62. The molecule has 0 amide bonds. The van der Waals surface area contributed by atoms with Crippen LogP contribution in [0.5, 0.6) is 0 Å². The van der Waals surface area contributed by atoms with E-state index >= 15 is 0 Å². The summed E-state index contributed by atoms with van der Waals surface area (Å²) in [7, 11) is 0. The first-order chi connectivity index (χ1) is 8.60. The van der Waals surface area contributed by atoms with Gasteiger partial charge in [-0.3, -0.25) is 0 Å². The Labute approximate surface area is 127 Å². The summed E-state index contributed by atoms with van der Waals surface area (Å²) in [4.78, 5) is 1.13. The molecule has 0 saturated carbocycles. The van der Waals surface area contributed by atoms with E-state index in [4.69, 9.17) is 5.73 Å². The van der Waals surface area contributed by atoms with Gasteiger partial charge in [0.2, 0.25) is 0 Å². The lowest BCUT2D eigenvalue weighted by molar-refractivity contribution is 0.815. The molecule has 0 aliphatic carbocycles. The average molecular weight is 362 g/mol. The lowest BCUT2D eigenvalue weighted by Gasteiger charge is -2.08. The molecule has 0 saturated heterocycles. The fraction of sp³-hybridized carbons (Fsp3) is 0.273. The predicted octanol–water partition coefficient (Wildman–Crippen LogP) is 4.19. The number of nitrogens with two attached hydrogens (primary N) is 1. The molecule has 2 rings (SSSR count). The standard InChI is InChI=1S/C11H12BrN3S3/c1-6(13)7-3-4-9(8(12)5-7)17-11-15-14-10(16-2)18-11/h3-6H,13H2,1-2H3. The Kier molecular flexibility index (Phi) is 5.08. The van der Waals surface area contributed by atoms with Crippen LogP contribution in [0.2, 0.25) is 0 Å². The Morgan fingerprint density at radius 3 is 2.61 bits per heavy atom. The lowest BCUT2D eigenvalue weighted by atomic mass is 10.1. The average Bonchev–Trinajstić information content (AvgIpc) is 2.79. The highest BCUT2D eigenvalue weighted by atomic mass is 79.9. The van der Waals surface area contributed by atoms with E-state index in [0.29, 0.717) is 0 Å². The highest BCUT2D eigenvalue weighted by Gasteiger charge is 2.09. The summed E-state index contributed by atoms with van der Waals surface area (Å²) >= 11 is 8.41. The van der Waals surface area contributed by atoms with Gasteiger partial charge >= 0.3 is 0 Å². The Hall–Kier alpha value is -0.0800. The van der Waals surface area contributed by atoms with Crippen LogP contribution in [0.1, 0.15) is 18.5 Å². The van der Waals surface area contributed by atoms with E-state index in [1.54, 1.807) is 34.9 Å². The SMILES string of the molecule is CSc1nnc(Sc2ccc(C(C)N)cc2Br)s1. The van der Waals surface area contributed by atoms with E-state index in [2.05, 4.69) is 38.3 Å². The van der Waals surface area contributed by atoms with Crippen LogP contribution in [0, 0.1) is 0 Å². The van der Waals surface area contributed by atoms with E-state index in [-0.39, 0.29) is 6.04 Å². The number of thioether (sulfide) groups is 1. The molecule has 1 heterocycles. The second kappa shape index (κ2) is 6.38. The van der Waals surface area contributed by atoms with Crippen molar-refractivity contribution in [1.82, 2.24) is 10.2 Å². The maximum atomic E-state index is 5.86. The molecule has 7 heteroatoms. The molecule has 0 spiro atoms. The van der Waals surface area contributed by atoms with Gasteiger partial charge in [-0.15, -0.1) is 10.2 Å². The van der Waals surface area contributed by atoms with Crippen LogP contribution in [0.25, 0.3) is 0 Å². The van der Waals surface area contributed by atoms with Gasteiger partial charge in [0.15, 0.2) is 8.68 Å². The van der Waals surface area contributed by atoms with Gasteiger partial charge in [-0.1, -0.05) is 40.9 Å². The van der Waals surface area contributed by atoms with Crippen molar-refractivity contribution >= 4 is 50.8 Å². The van der Waals surface area contributed by atoms with Crippen LogP contribution in [0.4, 0.5) is 0 Å². The van der Waals surface area contributed by atoms with Gasteiger partial charge in [0.1, 0.15) is 0 Å².